The zero-order valence-corrected chi connectivity index (χ0v) is 23.5. The van der Waals surface area contributed by atoms with Crippen molar-refractivity contribution in [1.82, 2.24) is 9.62 Å². The van der Waals surface area contributed by atoms with E-state index in [0.717, 1.165) is 10.6 Å². The highest BCUT2D eigenvalue weighted by Crippen LogP contribution is 2.29. The number of carbonyl (C=O) groups is 1. The van der Waals surface area contributed by atoms with Gasteiger partial charge in [0.15, 0.2) is 0 Å². The first-order valence-electron chi connectivity index (χ1n) is 11.5. The Morgan fingerprint density at radius 3 is 2.22 bits per heavy atom. The Labute approximate surface area is 227 Å². The molecule has 1 N–H and O–H groups in total. The van der Waals surface area contributed by atoms with E-state index >= 15 is 0 Å². The summed E-state index contributed by atoms with van der Waals surface area (Å²) in [5.74, 6) is -0.0897. The number of carbonyl (C=O) groups excluding carboxylic acids is 1. The predicted molar refractivity (Wildman–Crippen MR) is 142 cm³/mol. The lowest BCUT2D eigenvalue weighted by Gasteiger charge is -2.30. The van der Waals surface area contributed by atoms with Crippen LogP contribution in [0.2, 0.25) is 10.0 Å². The molecule has 204 valence electrons. The Hall–Kier alpha value is -2.09. The van der Waals surface area contributed by atoms with Gasteiger partial charge in [0.25, 0.3) is 0 Å². The zero-order valence-electron chi connectivity index (χ0n) is 20.4. The van der Waals surface area contributed by atoms with Gasteiger partial charge >= 0.3 is 0 Å². The Kier molecular flexibility index (Phi) is 10.1. The summed E-state index contributed by atoms with van der Waals surface area (Å²) in [6.45, 7) is 3.20. The summed E-state index contributed by atoms with van der Waals surface area (Å²) in [4.78, 5) is 13.1. The van der Waals surface area contributed by atoms with Gasteiger partial charge in [-0.25, -0.2) is 16.8 Å². The number of hydrogen-bond donors (Lipinski definition) is 1. The van der Waals surface area contributed by atoms with Crippen LogP contribution in [0.3, 0.4) is 0 Å². The van der Waals surface area contributed by atoms with Crippen molar-refractivity contribution in [3.63, 3.8) is 0 Å². The van der Waals surface area contributed by atoms with E-state index in [1.807, 2.05) is 0 Å². The molecule has 1 saturated heterocycles. The van der Waals surface area contributed by atoms with E-state index in [0.29, 0.717) is 32.1 Å². The molecule has 0 radical (unpaired) electrons. The van der Waals surface area contributed by atoms with Crippen molar-refractivity contribution in [3.8, 4) is 5.75 Å². The molecule has 1 aliphatic heterocycles. The van der Waals surface area contributed by atoms with Gasteiger partial charge in [-0.15, -0.1) is 0 Å². The number of hydrogen-bond acceptors (Lipinski definition) is 7. The first-order valence-corrected chi connectivity index (χ1v) is 15.5. The molecule has 2 aromatic carbocycles. The number of amides is 1. The smallest absolute Gasteiger partial charge is 0.244 e. The summed E-state index contributed by atoms with van der Waals surface area (Å²) in [6, 6.07) is 9.30. The van der Waals surface area contributed by atoms with Crippen LogP contribution in [-0.2, 0) is 29.6 Å². The topological polar surface area (TPSA) is 122 Å². The van der Waals surface area contributed by atoms with Gasteiger partial charge in [-0.05, 0) is 48.9 Å². The molecule has 2 aromatic rings. The second-order valence-corrected chi connectivity index (χ2v) is 12.9. The highest BCUT2D eigenvalue weighted by Gasteiger charge is 2.32. The molecule has 14 heteroatoms. The van der Waals surface area contributed by atoms with Crippen LogP contribution in [0.1, 0.15) is 13.3 Å². The molecule has 0 bridgehead atoms. The van der Waals surface area contributed by atoms with Crippen LogP contribution >= 0.6 is 23.2 Å². The minimum absolute atomic E-state index is 0.0829. The maximum atomic E-state index is 12.9. The Morgan fingerprint density at radius 1 is 1.08 bits per heavy atom. The van der Waals surface area contributed by atoms with Crippen molar-refractivity contribution in [2.75, 3.05) is 50.0 Å². The summed E-state index contributed by atoms with van der Waals surface area (Å²) >= 11 is 12.1. The van der Waals surface area contributed by atoms with Crippen LogP contribution in [0.25, 0.3) is 0 Å². The average molecular weight is 595 g/mol. The summed E-state index contributed by atoms with van der Waals surface area (Å²) in [6.07, 6.45) is 1.20. The van der Waals surface area contributed by atoms with Gasteiger partial charge in [-0.1, -0.05) is 30.1 Å². The summed E-state index contributed by atoms with van der Waals surface area (Å²) < 4.78 is 63.7. The van der Waals surface area contributed by atoms with Crippen molar-refractivity contribution in [3.05, 3.63) is 52.5 Å². The molecule has 1 heterocycles. The van der Waals surface area contributed by atoms with E-state index in [1.54, 1.807) is 6.92 Å². The largest absolute Gasteiger partial charge is 0.492 e. The Balaban J connectivity index is 1.59. The number of halogens is 2. The lowest BCUT2D eigenvalue weighted by molar-refractivity contribution is -0.122. The van der Waals surface area contributed by atoms with Gasteiger partial charge in [-0.3, -0.25) is 9.10 Å². The van der Waals surface area contributed by atoms with E-state index < -0.39 is 32.0 Å². The molecule has 1 amide bonds. The van der Waals surface area contributed by atoms with Gasteiger partial charge in [-0.2, -0.15) is 4.31 Å². The predicted octanol–water partition coefficient (Wildman–Crippen LogP) is 2.75. The number of ether oxygens (including phenoxy) is 2. The number of nitrogens with one attached hydrogen (secondary N) is 1. The van der Waals surface area contributed by atoms with Gasteiger partial charge in [0.05, 0.1) is 36.6 Å². The highest BCUT2D eigenvalue weighted by atomic mass is 35.5. The number of rotatable bonds is 11. The zero-order chi connectivity index (χ0) is 27.2. The van der Waals surface area contributed by atoms with E-state index in [9.17, 15) is 21.6 Å². The third-order valence-corrected chi connectivity index (χ3v) is 9.06. The molecule has 37 heavy (non-hydrogen) atoms. The molecule has 0 saturated carbocycles. The Morgan fingerprint density at radius 2 is 1.68 bits per heavy atom. The van der Waals surface area contributed by atoms with Crippen LogP contribution in [0.15, 0.2) is 47.4 Å². The monoisotopic (exact) mass is 593 g/mol. The molecule has 3 rings (SSSR count). The van der Waals surface area contributed by atoms with Gasteiger partial charge in [0.2, 0.25) is 26.0 Å². The van der Waals surface area contributed by atoms with E-state index in [4.69, 9.17) is 32.7 Å². The summed E-state index contributed by atoms with van der Waals surface area (Å²) in [7, 11) is -7.45. The van der Waals surface area contributed by atoms with Crippen LogP contribution in [-0.4, -0.2) is 78.8 Å². The van der Waals surface area contributed by atoms with Crippen LogP contribution in [0.5, 0.6) is 5.75 Å². The number of sulfonamides is 2. The molecule has 1 aliphatic rings. The van der Waals surface area contributed by atoms with Crippen molar-refractivity contribution in [2.24, 2.45) is 0 Å². The number of benzene rings is 2. The van der Waals surface area contributed by atoms with Gasteiger partial charge in [0, 0.05) is 23.1 Å². The van der Waals surface area contributed by atoms with Crippen molar-refractivity contribution in [2.45, 2.75) is 24.3 Å². The summed E-state index contributed by atoms with van der Waals surface area (Å²) in [5, 5.41) is 3.16. The lowest BCUT2D eigenvalue weighted by Crippen LogP contribution is -2.50. The molecule has 0 aromatic heterocycles. The number of morpholine rings is 1. The number of anilines is 1. The molecule has 1 atom stereocenters. The first kappa shape index (κ1) is 29.5. The quantitative estimate of drug-likeness (QED) is 0.397. The third-order valence-electron chi connectivity index (χ3n) is 5.53. The highest BCUT2D eigenvalue weighted by molar-refractivity contribution is 7.92. The second-order valence-electron chi connectivity index (χ2n) is 8.24. The molecular weight excluding hydrogens is 565 g/mol. The normalized spacial score (nSPS) is 15.7. The van der Waals surface area contributed by atoms with E-state index in [-0.39, 0.29) is 40.2 Å². The summed E-state index contributed by atoms with van der Waals surface area (Å²) in [5.41, 5.74) is 0.186. The molecule has 0 aliphatic carbocycles. The fourth-order valence-corrected chi connectivity index (χ4v) is 6.95. The number of nitrogens with zero attached hydrogens (tertiary/aromatic N) is 2. The maximum Gasteiger partial charge on any atom is 0.244 e. The maximum absolute atomic E-state index is 12.9. The molecular formula is C23H29Cl2N3O7S2. The lowest BCUT2D eigenvalue weighted by atomic mass is 10.2. The van der Waals surface area contributed by atoms with Crippen LogP contribution in [0, 0.1) is 0 Å². The molecule has 0 unspecified atom stereocenters. The SMILES string of the molecule is CC[C@@H](C(=O)NCCOc1ccc(S(=O)(=O)N2CCOCC2)cc1)N(c1cc(Cl)cc(Cl)c1)S(C)(=O)=O. The third kappa shape index (κ3) is 7.71. The van der Waals surface area contributed by atoms with Crippen molar-refractivity contribution in [1.29, 1.82) is 0 Å². The fourth-order valence-electron chi connectivity index (χ4n) is 3.83. The van der Waals surface area contributed by atoms with E-state index in [1.165, 1.54) is 46.8 Å². The molecule has 1 fully saturated rings. The van der Waals surface area contributed by atoms with Crippen LogP contribution in [0.4, 0.5) is 5.69 Å². The minimum atomic E-state index is -3.84. The van der Waals surface area contributed by atoms with Crippen molar-refractivity contribution >= 4 is 54.8 Å². The Bertz CT molecular complexity index is 1280. The van der Waals surface area contributed by atoms with E-state index in [2.05, 4.69) is 5.32 Å². The second kappa shape index (κ2) is 12.6. The molecule has 10 nitrogen and oxygen atoms in total. The van der Waals surface area contributed by atoms with Gasteiger partial charge < -0.3 is 14.8 Å². The van der Waals surface area contributed by atoms with Gasteiger partial charge in [0.1, 0.15) is 18.4 Å². The van der Waals surface area contributed by atoms with Crippen LogP contribution < -0.4 is 14.4 Å². The average Bonchev–Trinajstić information content (AvgIpc) is 2.84. The first-order chi connectivity index (χ1) is 17.4. The molecule has 0 spiro atoms. The standard InChI is InChI=1S/C23H29Cl2N3O7S2/c1-3-22(28(36(2,30)31)19-15-17(24)14-18(25)16-19)23(29)26-8-11-35-20-4-6-21(7-5-20)37(32,33)27-9-12-34-13-10-27/h4-7,14-16,22H,3,8-13H2,1-2H3,(H,26,29)/t22-/m0/s1. The van der Waals surface area contributed by atoms with Crippen molar-refractivity contribution < 1.29 is 31.1 Å². The minimum Gasteiger partial charge on any atom is -0.492 e. The fraction of sp³-hybridized carbons (Fsp3) is 0.435.